The lowest BCUT2D eigenvalue weighted by Crippen LogP contribution is -2.32. The van der Waals surface area contributed by atoms with Gasteiger partial charge < -0.3 is 4.74 Å². The van der Waals surface area contributed by atoms with Crippen LogP contribution in [-0.4, -0.2) is 38.7 Å². The standard InChI is InChI=1S/C14H17NO3S/c1-3-8-15(19(2,16)17)9-6-12-4-5-14-13(11-12)7-10-18-14/h1,4-5,11H,6-10H2,2H3. The minimum atomic E-state index is -3.24. The van der Waals surface area contributed by atoms with Gasteiger partial charge >= 0.3 is 0 Å². The van der Waals surface area contributed by atoms with Crippen molar-refractivity contribution in [3.8, 4) is 18.1 Å². The van der Waals surface area contributed by atoms with Crippen LogP contribution in [0.1, 0.15) is 11.1 Å². The van der Waals surface area contributed by atoms with Gasteiger partial charge in [-0.25, -0.2) is 8.42 Å². The molecule has 0 aliphatic carbocycles. The van der Waals surface area contributed by atoms with E-state index in [-0.39, 0.29) is 6.54 Å². The normalized spacial score (nSPS) is 13.9. The first kappa shape index (κ1) is 13.9. The SMILES string of the molecule is C#CCN(CCc1ccc2c(c1)CCO2)S(C)(=O)=O. The Morgan fingerprint density at radius 3 is 2.95 bits per heavy atom. The van der Waals surface area contributed by atoms with Gasteiger partial charge in [0.25, 0.3) is 0 Å². The molecule has 4 nitrogen and oxygen atoms in total. The lowest BCUT2D eigenvalue weighted by molar-refractivity contribution is 0.357. The van der Waals surface area contributed by atoms with Crippen molar-refractivity contribution in [2.24, 2.45) is 0 Å². The number of hydrogen-bond acceptors (Lipinski definition) is 3. The van der Waals surface area contributed by atoms with Crippen molar-refractivity contribution in [2.45, 2.75) is 12.8 Å². The fraction of sp³-hybridized carbons (Fsp3) is 0.429. The molecule has 0 N–H and O–H groups in total. The largest absolute Gasteiger partial charge is 0.493 e. The Bertz CT molecular complexity index is 602. The summed E-state index contributed by atoms with van der Waals surface area (Å²) in [5.41, 5.74) is 2.30. The molecule has 0 radical (unpaired) electrons. The minimum Gasteiger partial charge on any atom is -0.493 e. The Kier molecular flexibility index (Phi) is 4.13. The zero-order valence-electron chi connectivity index (χ0n) is 10.9. The third-order valence-corrected chi connectivity index (χ3v) is 4.39. The molecular weight excluding hydrogens is 262 g/mol. The number of ether oxygens (including phenoxy) is 1. The summed E-state index contributed by atoms with van der Waals surface area (Å²) < 4.78 is 29.8. The lowest BCUT2D eigenvalue weighted by atomic mass is 10.1. The van der Waals surface area contributed by atoms with Crippen LogP contribution in [0.4, 0.5) is 0 Å². The van der Waals surface area contributed by atoms with Gasteiger partial charge in [0, 0.05) is 13.0 Å². The quantitative estimate of drug-likeness (QED) is 0.757. The summed E-state index contributed by atoms with van der Waals surface area (Å²) in [4.78, 5) is 0. The number of sulfonamides is 1. The first-order chi connectivity index (χ1) is 9.00. The van der Waals surface area contributed by atoms with Gasteiger partial charge in [-0.3, -0.25) is 0 Å². The molecule has 0 saturated carbocycles. The highest BCUT2D eigenvalue weighted by atomic mass is 32.2. The third kappa shape index (κ3) is 3.49. The van der Waals surface area contributed by atoms with Crippen LogP contribution in [0.3, 0.4) is 0 Å². The maximum Gasteiger partial charge on any atom is 0.212 e. The molecule has 0 fully saturated rings. The van der Waals surface area contributed by atoms with Gasteiger partial charge in [0.05, 0.1) is 19.4 Å². The van der Waals surface area contributed by atoms with E-state index >= 15 is 0 Å². The number of benzene rings is 1. The van der Waals surface area contributed by atoms with E-state index in [0.717, 1.165) is 24.3 Å². The molecule has 1 heterocycles. The smallest absolute Gasteiger partial charge is 0.212 e. The lowest BCUT2D eigenvalue weighted by Gasteiger charge is -2.17. The summed E-state index contributed by atoms with van der Waals surface area (Å²) in [6.45, 7) is 1.25. The molecule has 0 bridgehead atoms. The van der Waals surface area contributed by atoms with E-state index in [9.17, 15) is 8.42 Å². The van der Waals surface area contributed by atoms with Crippen LogP contribution in [0.2, 0.25) is 0 Å². The van der Waals surface area contributed by atoms with Crippen molar-refractivity contribution in [1.29, 1.82) is 0 Å². The molecule has 1 aromatic rings. The second-order valence-electron chi connectivity index (χ2n) is 4.59. The van der Waals surface area contributed by atoms with Crippen molar-refractivity contribution in [2.75, 3.05) is 26.0 Å². The molecule has 0 saturated heterocycles. The second kappa shape index (κ2) is 5.64. The maximum absolute atomic E-state index is 11.5. The third-order valence-electron chi connectivity index (χ3n) is 3.14. The molecular formula is C14H17NO3S. The molecule has 2 rings (SSSR count). The molecule has 0 unspecified atom stereocenters. The van der Waals surface area contributed by atoms with E-state index < -0.39 is 10.0 Å². The molecule has 102 valence electrons. The number of rotatable bonds is 5. The Morgan fingerprint density at radius 1 is 1.47 bits per heavy atom. The second-order valence-corrected chi connectivity index (χ2v) is 6.57. The highest BCUT2D eigenvalue weighted by Crippen LogP contribution is 2.26. The van der Waals surface area contributed by atoms with Gasteiger partial charge in [-0.15, -0.1) is 6.42 Å². The van der Waals surface area contributed by atoms with Gasteiger partial charge in [-0.2, -0.15) is 4.31 Å². The average molecular weight is 279 g/mol. The molecule has 1 aliphatic rings. The summed E-state index contributed by atoms with van der Waals surface area (Å²) in [5, 5.41) is 0. The summed E-state index contributed by atoms with van der Waals surface area (Å²) in [6, 6.07) is 6.00. The molecule has 0 amide bonds. The summed E-state index contributed by atoms with van der Waals surface area (Å²) >= 11 is 0. The van der Waals surface area contributed by atoms with Crippen LogP contribution >= 0.6 is 0 Å². The predicted octanol–water partition coefficient (Wildman–Crippen LogP) is 1.06. The van der Waals surface area contributed by atoms with Gasteiger partial charge in [0.2, 0.25) is 10.0 Å². The zero-order valence-corrected chi connectivity index (χ0v) is 11.7. The van der Waals surface area contributed by atoms with Crippen molar-refractivity contribution < 1.29 is 13.2 Å². The number of hydrogen-bond donors (Lipinski definition) is 0. The topological polar surface area (TPSA) is 46.6 Å². The first-order valence-corrected chi connectivity index (χ1v) is 7.99. The predicted molar refractivity (Wildman–Crippen MR) is 74.6 cm³/mol. The summed E-state index contributed by atoms with van der Waals surface area (Å²) in [6.07, 6.45) is 7.95. The molecule has 1 aromatic carbocycles. The van der Waals surface area contributed by atoms with Crippen LogP contribution in [0.15, 0.2) is 18.2 Å². The molecule has 5 heteroatoms. The van der Waals surface area contributed by atoms with E-state index in [0.29, 0.717) is 13.0 Å². The molecule has 0 atom stereocenters. The average Bonchev–Trinajstić information content (AvgIpc) is 2.80. The van der Waals surface area contributed by atoms with E-state index in [2.05, 4.69) is 12.0 Å². The van der Waals surface area contributed by atoms with E-state index in [1.54, 1.807) is 0 Å². The number of fused-ring (bicyclic) bond motifs is 1. The molecule has 0 aromatic heterocycles. The van der Waals surface area contributed by atoms with Crippen LogP contribution in [0, 0.1) is 12.3 Å². The van der Waals surface area contributed by atoms with E-state index in [1.165, 1.54) is 16.1 Å². The van der Waals surface area contributed by atoms with Gasteiger partial charge in [-0.05, 0) is 23.6 Å². The highest BCUT2D eigenvalue weighted by molar-refractivity contribution is 7.88. The first-order valence-electron chi connectivity index (χ1n) is 6.14. The monoisotopic (exact) mass is 279 g/mol. The fourth-order valence-corrected chi connectivity index (χ4v) is 2.85. The minimum absolute atomic E-state index is 0.118. The molecule has 19 heavy (non-hydrogen) atoms. The maximum atomic E-state index is 11.5. The molecule has 1 aliphatic heterocycles. The van der Waals surface area contributed by atoms with E-state index in [1.807, 2.05) is 12.1 Å². The van der Waals surface area contributed by atoms with Crippen LogP contribution in [0.25, 0.3) is 0 Å². The highest BCUT2D eigenvalue weighted by Gasteiger charge is 2.16. The van der Waals surface area contributed by atoms with Crippen LogP contribution in [-0.2, 0) is 22.9 Å². The summed E-state index contributed by atoms with van der Waals surface area (Å²) in [5.74, 6) is 3.32. The van der Waals surface area contributed by atoms with Gasteiger partial charge in [0.1, 0.15) is 5.75 Å². The Morgan fingerprint density at radius 2 is 2.26 bits per heavy atom. The Balaban J connectivity index is 2.03. The number of terminal acetylenes is 1. The van der Waals surface area contributed by atoms with Crippen molar-refractivity contribution in [3.05, 3.63) is 29.3 Å². The van der Waals surface area contributed by atoms with Crippen molar-refractivity contribution in [3.63, 3.8) is 0 Å². The Hall–Kier alpha value is -1.51. The van der Waals surface area contributed by atoms with Crippen molar-refractivity contribution >= 4 is 10.0 Å². The number of nitrogens with zero attached hydrogens (tertiary/aromatic N) is 1. The van der Waals surface area contributed by atoms with Gasteiger partial charge in [0.15, 0.2) is 0 Å². The Labute approximate surface area is 114 Å². The van der Waals surface area contributed by atoms with Crippen LogP contribution < -0.4 is 4.74 Å². The summed E-state index contributed by atoms with van der Waals surface area (Å²) in [7, 11) is -3.24. The fourth-order valence-electron chi connectivity index (χ4n) is 2.11. The van der Waals surface area contributed by atoms with E-state index in [4.69, 9.17) is 11.2 Å². The van der Waals surface area contributed by atoms with Crippen LogP contribution in [0.5, 0.6) is 5.75 Å². The van der Waals surface area contributed by atoms with Gasteiger partial charge in [-0.1, -0.05) is 18.1 Å². The molecule has 0 spiro atoms. The van der Waals surface area contributed by atoms with Crippen molar-refractivity contribution in [1.82, 2.24) is 4.31 Å². The zero-order chi connectivity index (χ0) is 13.9.